The van der Waals surface area contributed by atoms with Crippen molar-refractivity contribution in [1.29, 1.82) is 0 Å². The fourth-order valence-electron chi connectivity index (χ4n) is 5.32. The number of fused-ring (bicyclic) bond motifs is 2. The minimum atomic E-state index is -1.32. The number of ether oxygens (including phenoxy) is 2. The predicted octanol–water partition coefficient (Wildman–Crippen LogP) is -0.242. The van der Waals surface area contributed by atoms with E-state index < -0.39 is 28.2 Å². The predicted molar refractivity (Wildman–Crippen MR) is 99.6 cm³/mol. The van der Waals surface area contributed by atoms with E-state index in [9.17, 15) is 14.7 Å². The molecule has 0 unspecified atom stereocenters. The monoisotopic (exact) mass is 408 g/mol. The van der Waals surface area contributed by atoms with Gasteiger partial charge in [0, 0.05) is 10.8 Å². The number of carbonyl (C=O) groups is 2. The van der Waals surface area contributed by atoms with Gasteiger partial charge in [0.25, 0.3) is 0 Å². The largest absolute Gasteiger partial charge is 1.00 e. The van der Waals surface area contributed by atoms with Crippen molar-refractivity contribution in [2.24, 2.45) is 16.2 Å². The van der Waals surface area contributed by atoms with Crippen LogP contribution in [0.3, 0.4) is 0 Å². The van der Waals surface area contributed by atoms with Gasteiger partial charge in [-0.15, -0.1) is 0 Å². The summed E-state index contributed by atoms with van der Waals surface area (Å²) in [5, 5.41) is 12.1. The molecule has 2 atom stereocenters. The Balaban J connectivity index is 0.00000280. The van der Waals surface area contributed by atoms with E-state index in [1.54, 1.807) is 7.11 Å². The molecule has 0 aromatic heterocycles. The molecule has 0 fully saturated rings. The molecule has 2 aliphatic rings. The van der Waals surface area contributed by atoms with Crippen molar-refractivity contribution in [3.63, 3.8) is 0 Å². The number of methoxy groups -OCH3 is 2. The van der Waals surface area contributed by atoms with E-state index in [0.29, 0.717) is 0 Å². The van der Waals surface area contributed by atoms with Gasteiger partial charge in [-0.25, -0.2) is 4.79 Å². The molecule has 0 amide bonds. The van der Waals surface area contributed by atoms with E-state index in [1.165, 1.54) is 7.11 Å². The fraction of sp³-hybridized carbons (Fsp3) is 0.455. The topological polar surface area (TPSA) is 75.7 Å². The SMILES string of the molecule is COC(=O)C1=C(C(=O)[O-])[C@]2(C)C(C)=C(c3ccc(OC)cc3)[C@@]1(C)C2(C)C.[K+]. The molecule has 5 nitrogen and oxygen atoms in total. The van der Waals surface area contributed by atoms with Gasteiger partial charge in [-0.1, -0.05) is 45.4 Å². The molecule has 0 heterocycles. The molecule has 2 bridgehead atoms. The Morgan fingerprint density at radius 2 is 1.46 bits per heavy atom. The summed E-state index contributed by atoms with van der Waals surface area (Å²) in [4.78, 5) is 24.8. The standard InChI is InChI=1S/C22H26O5.K/c1-12-15(13-8-10-14(26-6)11-9-13)22(5)17(19(25)27-7)16(18(23)24)21(12,4)20(22,2)3;/h8-11H,1-7H3,(H,23,24);/q;+1/p-1/t21-,22+;/m0./s1. The molecular weight excluding hydrogens is 383 g/mol. The zero-order valence-electron chi connectivity index (χ0n) is 17.9. The van der Waals surface area contributed by atoms with E-state index in [2.05, 4.69) is 0 Å². The van der Waals surface area contributed by atoms with Crippen molar-refractivity contribution in [3.05, 3.63) is 46.5 Å². The number of hydrogen-bond donors (Lipinski definition) is 0. The van der Waals surface area contributed by atoms with E-state index >= 15 is 0 Å². The minimum Gasteiger partial charge on any atom is -0.545 e. The van der Waals surface area contributed by atoms with Gasteiger partial charge < -0.3 is 19.4 Å². The third kappa shape index (κ3) is 2.58. The van der Waals surface area contributed by atoms with Crippen LogP contribution in [0, 0.1) is 16.2 Å². The number of carbonyl (C=O) groups excluding carboxylic acids is 2. The maximum Gasteiger partial charge on any atom is 1.00 e. The third-order valence-electron chi connectivity index (χ3n) is 7.35. The van der Waals surface area contributed by atoms with Gasteiger partial charge in [-0.05, 0) is 41.2 Å². The second kappa shape index (κ2) is 7.40. The Hall–Kier alpha value is -0.924. The normalized spacial score (nSPS) is 27.5. The summed E-state index contributed by atoms with van der Waals surface area (Å²) in [7, 11) is 2.88. The maximum atomic E-state index is 12.7. The van der Waals surface area contributed by atoms with Crippen LogP contribution in [-0.2, 0) is 14.3 Å². The van der Waals surface area contributed by atoms with E-state index in [4.69, 9.17) is 9.47 Å². The molecule has 0 N–H and O–H groups in total. The Labute approximate surface area is 208 Å². The molecule has 0 aliphatic heterocycles. The summed E-state index contributed by atoms with van der Waals surface area (Å²) in [6.07, 6.45) is 0. The summed E-state index contributed by atoms with van der Waals surface area (Å²) in [5.74, 6) is -1.20. The van der Waals surface area contributed by atoms with Gasteiger partial charge in [0.15, 0.2) is 0 Å². The number of carboxylic acid groups (broad SMARTS) is 1. The van der Waals surface area contributed by atoms with Crippen molar-refractivity contribution in [3.8, 4) is 5.75 Å². The molecule has 2 aliphatic carbocycles. The molecule has 0 radical (unpaired) electrons. The molecule has 1 aromatic rings. The minimum absolute atomic E-state index is 0. The average molecular weight is 409 g/mol. The fourth-order valence-corrected chi connectivity index (χ4v) is 5.32. The zero-order chi connectivity index (χ0) is 20.4. The number of carboxylic acids is 1. The summed E-state index contributed by atoms with van der Waals surface area (Å²) in [6.45, 7) is 9.78. The first-order chi connectivity index (χ1) is 12.5. The van der Waals surface area contributed by atoms with Crippen molar-refractivity contribution in [2.45, 2.75) is 34.6 Å². The average Bonchev–Trinajstić information content (AvgIpc) is 2.84. The molecular formula is C22H25KO5. The van der Waals surface area contributed by atoms with Crippen LogP contribution < -0.4 is 61.2 Å². The van der Waals surface area contributed by atoms with Gasteiger partial charge in [-0.3, -0.25) is 0 Å². The quantitative estimate of drug-likeness (QED) is 0.508. The Morgan fingerprint density at radius 3 is 1.89 bits per heavy atom. The van der Waals surface area contributed by atoms with Crippen LogP contribution in [0.4, 0.5) is 0 Å². The van der Waals surface area contributed by atoms with Gasteiger partial charge in [0.2, 0.25) is 0 Å². The molecule has 0 saturated carbocycles. The van der Waals surface area contributed by atoms with Crippen molar-refractivity contribution < 1.29 is 75.6 Å². The van der Waals surface area contributed by atoms with E-state index in [-0.39, 0.29) is 62.5 Å². The molecule has 0 spiro atoms. The van der Waals surface area contributed by atoms with Crippen LogP contribution in [0.5, 0.6) is 5.75 Å². The first-order valence-electron chi connectivity index (χ1n) is 8.91. The molecule has 3 rings (SSSR count). The smallest absolute Gasteiger partial charge is 0.545 e. The number of benzene rings is 1. The summed E-state index contributed by atoms with van der Waals surface area (Å²) >= 11 is 0. The Kier molecular flexibility index (Phi) is 6.17. The Bertz CT molecular complexity index is 909. The van der Waals surface area contributed by atoms with E-state index in [0.717, 1.165) is 22.5 Å². The first kappa shape index (κ1) is 23.4. The van der Waals surface area contributed by atoms with Crippen molar-refractivity contribution >= 4 is 17.5 Å². The molecule has 144 valence electrons. The van der Waals surface area contributed by atoms with Gasteiger partial charge in [0.05, 0.1) is 25.8 Å². The van der Waals surface area contributed by atoms with Gasteiger partial charge in [0.1, 0.15) is 5.75 Å². The number of esters is 1. The zero-order valence-corrected chi connectivity index (χ0v) is 21.0. The Morgan fingerprint density at radius 1 is 0.929 bits per heavy atom. The number of rotatable bonds is 4. The second-order valence-electron chi connectivity index (χ2n) is 8.13. The van der Waals surface area contributed by atoms with Crippen LogP contribution in [0.25, 0.3) is 5.57 Å². The van der Waals surface area contributed by atoms with Crippen LogP contribution >= 0.6 is 0 Å². The summed E-state index contributed by atoms with van der Waals surface area (Å²) < 4.78 is 10.2. The van der Waals surface area contributed by atoms with Crippen LogP contribution in [0.2, 0.25) is 0 Å². The summed E-state index contributed by atoms with van der Waals surface area (Å²) in [5.41, 5.74) is 0.826. The molecule has 6 heteroatoms. The molecule has 28 heavy (non-hydrogen) atoms. The number of hydrogen-bond acceptors (Lipinski definition) is 5. The second-order valence-corrected chi connectivity index (χ2v) is 8.13. The third-order valence-corrected chi connectivity index (χ3v) is 7.35. The molecule has 0 saturated heterocycles. The maximum absolute atomic E-state index is 12.7. The van der Waals surface area contributed by atoms with Crippen molar-refractivity contribution in [1.82, 2.24) is 0 Å². The summed E-state index contributed by atoms with van der Waals surface area (Å²) in [6, 6.07) is 7.61. The van der Waals surface area contributed by atoms with Crippen LogP contribution in [-0.4, -0.2) is 26.2 Å². The van der Waals surface area contributed by atoms with Gasteiger partial charge >= 0.3 is 57.4 Å². The number of aliphatic carboxylic acids is 1. The van der Waals surface area contributed by atoms with Crippen LogP contribution in [0.15, 0.2) is 41.0 Å². The van der Waals surface area contributed by atoms with Crippen molar-refractivity contribution in [2.75, 3.05) is 14.2 Å². The first-order valence-corrected chi connectivity index (χ1v) is 8.91. The molecule has 1 aromatic carbocycles. The van der Waals surface area contributed by atoms with Gasteiger partial charge in [-0.2, -0.15) is 0 Å². The number of allylic oxidation sites excluding steroid dienone is 2. The van der Waals surface area contributed by atoms with Crippen LogP contribution in [0.1, 0.15) is 40.2 Å². The van der Waals surface area contributed by atoms with E-state index in [1.807, 2.05) is 58.9 Å².